The zero-order valence-electron chi connectivity index (χ0n) is 15.3. The molecule has 0 bridgehead atoms. The van der Waals surface area contributed by atoms with Crippen molar-refractivity contribution in [2.24, 2.45) is 11.7 Å². The average Bonchev–Trinajstić information content (AvgIpc) is 2.97. The second-order valence-corrected chi connectivity index (χ2v) is 8.79. The minimum Gasteiger partial charge on any atom is -0.497 e. The van der Waals surface area contributed by atoms with Gasteiger partial charge in [0.2, 0.25) is 11.8 Å². The predicted molar refractivity (Wildman–Crippen MR) is 114 cm³/mol. The lowest BCUT2D eigenvalue weighted by Crippen LogP contribution is -2.33. The second-order valence-electron chi connectivity index (χ2n) is 6.69. The van der Waals surface area contributed by atoms with Crippen molar-refractivity contribution in [1.82, 2.24) is 0 Å². The third-order valence-corrected chi connectivity index (χ3v) is 6.92. The summed E-state index contributed by atoms with van der Waals surface area (Å²) in [5.41, 5.74) is 7.72. The number of benzene rings is 2. The minimum absolute atomic E-state index is 0.286. The first kappa shape index (κ1) is 19.6. The summed E-state index contributed by atoms with van der Waals surface area (Å²) in [5, 5.41) is 9.35. The number of allylic oxidation sites excluding steroid dienone is 1. The van der Waals surface area contributed by atoms with Crippen LogP contribution in [0.3, 0.4) is 0 Å². The number of carbonyl (C=O) groups excluding carboxylic acids is 2. The van der Waals surface area contributed by atoms with Crippen LogP contribution in [0.25, 0.3) is 0 Å². The Kier molecular flexibility index (Phi) is 5.11. The second kappa shape index (κ2) is 7.58. The highest BCUT2D eigenvalue weighted by Gasteiger charge is 2.56. The molecule has 2 aliphatic rings. The molecule has 2 heterocycles. The van der Waals surface area contributed by atoms with Crippen molar-refractivity contribution in [3.63, 3.8) is 0 Å². The third kappa shape index (κ3) is 3.20. The number of imide groups is 1. The molecule has 6 nitrogen and oxygen atoms in total. The van der Waals surface area contributed by atoms with Gasteiger partial charge in [-0.2, -0.15) is 5.26 Å². The lowest BCUT2D eigenvalue weighted by Gasteiger charge is -2.30. The standard InChI is InChI=1S/C21H16BrN3O3S/c1-28-14-8-2-11(3-9-14)16-15(10-23)19(24)29-18-17(16)20(26)25(21(18)27)13-6-4-12(22)5-7-13/h2-9,16-18H,24H2,1H3. The van der Waals surface area contributed by atoms with Gasteiger partial charge in [0.25, 0.3) is 0 Å². The van der Waals surface area contributed by atoms with Crippen LogP contribution in [0.2, 0.25) is 0 Å². The van der Waals surface area contributed by atoms with Gasteiger partial charge in [-0.3, -0.25) is 9.59 Å². The number of ether oxygens (including phenoxy) is 1. The molecular formula is C21H16BrN3O3S. The molecule has 3 unspecified atom stereocenters. The number of nitrogens with zero attached hydrogens (tertiary/aromatic N) is 2. The quantitative estimate of drug-likeness (QED) is 0.690. The Bertz CT molecular complexity index is 1060. The van der Waals surface area contributed by atoms with Gasteiger partial charge in [-0.25, -0.2) is 4.90 Å². The summed E-state index contributed by atoms with van der Waals surface area (Å²) in [6.07, 6.45) is 0. The molecule has 2 aromatic carbocycles. The first-order valence-electron chi connectivity index (χ1n) is 8.80. The van der Waals surface area contributed by atoms with Crippen LogP contribution >= 0.6 is 27.7 Å². The van der Waals surface area contributed by atoms with Crippen molar-refractivity contribution in [2.75, 3.05) is 12.0 Å². The van der Waals surface area contributed by atoms with E-state index in [2.05, 4.69) is 22.0 Å². The molecule has 0 spiro atoms. The maximum atomic E-state index is 13.4. The molecule has 0 saturated carbocycles. The zero-order chi connectivity index (χ0) is 20.7. The van der Waals surface area contributed by atoms with E-state index in [4.69, 9.17) is 10.5 Å². The van der Waals surface area contributed by atoms with Gasteiger partial charge in [-0.1, -0.05) is 39.8 Å². The summed E-state index contributed by atoms with van der Waals surface area (Å²) in [7, 11) is 1.57. The number of amides is 2. The van der Waals surface area contributed by atoms with E-state index >= 15 is 0 Å². The van der Waals surface area contributed by atoms with Gasteiger partial charge >= 0.3 is 0 Å². The SMILES string of the molecule is COc1ccc(C2C(C#N)=C(N)SC3C(=O)N(c4ccc(Br)cc4)C(=O)C32)cc1. The molecule has 8 heteroatoms. The Morgan fingerprint density at radius 1 is 1.10 bits per heavy atom. The molecule has 1 fully saturated rings. The van der Waals surface area contributed by atoms with Gasteiger partial charge in [0, 0.05) is 10.4 Å². The molecule has 2 amide bonds. The van der Waals surface area contributed by atoms with Crippen molar-refractivity contribution < 1.29 is 14.3 Å². The van der Waals surface area contributed by atoms with E-state index < -0.39 is 17.1 Å². The van der Waals surface area contributed by atoms with Gasteiger partial charge in [-0.15, -0.1) is 0 Å². The number of anilines is 1. The van der Waals surface area contributed by atoms with Crippen LogP contribution in [-0.2, 0) is 9.59 Å². The van der Waals surface area contributed by atoms with Gasteiger partial charge in [-0.05, 0) is 42.0 Å². The third-order valence-electron chi connectivity index (χ3n) is 5.17. The summed E-state index contributed by atoms with van der Waals surface area (Å²) in [6, 6.07) is 16.3. The summed E-state index contributed by atoms with van der Waals surface area (Å²) < 4.78 is 6.05. The normalized spacial score (nSPS) is 23.8. The topological polar surface area (TPSA) is 96.4 Å². The zero-order valence-corrected chi connectivity index (χ0v) is 17.7. The number of nitrogens with two attached hydrogens (primary N) is 1. The van der Waals surface area contributed by atoms with Crippen LogP contribution < -0.4 is 15.4 Å². The summed E-state index contributed by atoms with van der Waals surface area (Å²) in [4.78, 5) is 27.7. The molecule has 0 aromatic heterocycles. The number of hydrogen-bond donors (Lipinski definition) is 1. The van der Waals surface area contributed by atoms with Crippen molar-refractivity contribution in [3.8, 4) is 11.8 Å². The van der Waals surface area contributed by atoms with Gasteiger partial charge in [0.1, 0.15) is 11.0 Å². The van der Waals surface area contributed by atoms with E-state index in [1.807, 2.05) is 0 Å². The largest absolute Gasteiger partial charge is 0.497 e. The van der Waals surface area contributed by atoms with Crippen molar-refractivity contribution in [2.45, 2.75) is 11.2 Å². The number of carbonyl (C=O) groups is 2. The number of halogens is 1. The molecule has 2 N–H and O–H groups in total. The molecule has 4 rings (SSSR count). The summed E-state index contributed by atoms with van der Waals surface area (Å²) in [6.45, 7) is 0. The predicted octanol–water partition coefficient (Wildman–Crippen LogP) is 3.54. The lowest BCUT2D eigenvalue weighted by molar-refractivity contribution is -0.122. The summed E-state index contributed by atoms with van der Waals surface area (Å²) >= 11 is 4.46. The Morgan fingerprint density at radius 2 is 1.76 bits per heavy atom. The number of methoxy groups -OCH3 is 1. The maximum Gasteiger partial charge on any atom is 0.248 e. The first-order chi connectivity index (χ1) is 14.0. The number of rotatable bonds is 3. The highest BCUT2D eigenvalue weighted by Crippen LogP contribution is 2.50. The summed E-state index contributed by atoms with van der Waals surface area (Å²) in [5.74, 6) is -1.27. The Hall–Kier alpha value is -2.76. The lowest BCUT2D eigenvalue weighted by atomic mass is 9.79. The highest BCUT2D eigenvalue weighted by atomic mass is 79.9. The monoisotopic (exact) mass is 469 g/mol. The maximum absolute atomic E-state index is 13.4. The van der Waals surface area contributed by atoms with Crippen LogP contribution in [0.4, 0.5) is 5.69 Å². The van der Waals surface area contributed by atoms with E-state index in [0.29, 0.717) is 17.0 Å². The highest BCUT2D eigenvalue weighted by molar-refractivity contribution is 9.10. The van der Waals surface area contributed by atoms with E-state index in [-0.39, 0.29) is 16.8 Å². The van der Waals surface area contributed by atoms with Crippen molar-refractivity contribution in [3.05, 3.63) is 69.2 Å². The fourth-order valence-electron chi connectivity index (χ4n) is 3.80. The molecule has 1 saturated heterocycles. The van der Waals surface area contributed by atoms with E-state index in [1.165, 1.54) is 4.90 Å². The van der Waals surface area contributed by atoms with Crippen LogP contribution in [-0.4, -0.2) is 24.2 Å². The van der Waals surface area contributed by atoms with Crippen LogP contribution in [0, 0.1) is 17.2 Å². The van der Waals surface area contributed by atoms with E-state index in [9.17, 15) is 14.9 Å². The molecule has 0 radical (unpaired) electrons. The molecule has 2 aliphatic heterocycles. The van der Waals surface area contributed by atoms with E-state index in [1.54, 1.807) is 55.6 Å². The molecule has 146 valence electrons. The molecule has 3 atom stereocenters. The smallest absolute Gasteiger partial charge is 0.248 e. The van der Waals surface area contributed by atoms with Crippen molar-refractivity contribution in [1.29, 1.82) is 5.26 Å². The Morgan fingerprint density at radius 3 is 2.34 bits per heavy atom. The fraction of sp³-hybridized carbons (Fsp3) is 0.190. The Balaban J connectivity index is 1.80. The number of nitriles is 1. The van der Waals surface area contributed by atoms with Crippen LogP contribution in [0.15, 0.2) is 63.6 Å². The molecule has 0 aliphatic carbocycles. The molecular weight excluding hydrogens is 454 g/mol. The minimum atomic E-state index is -0.702. The molecule has 29 heavy (non-hydrogen) atoms. The van der Waals surface area contributed by atoms with Gasteiger partial charge in [0.05, 0.1) is 35.4 Å². The fourth-order valence-corrected chi connectivity index (χ4v) is 5.26. The van der Waals surface area contributed by atoms with Crippen LogP contribution in [0.1, 0.15) is 11.5 Å². The number of fused-ring (bicyclic) bond motifs is 1. The van der Waals surface area contributed by atoms with Crippen molar-refractivity contribution >= 4 is 45.2 Å². The van der Waals surface area contributed by atoms with Gasteiger partial charge in [0.15, 0.2) is 0 Å². The van der Waals surface area contributed by atoms with Crippen LogP contribution in [0.5, 0.6) is 5.75 Å². The first-order valence-corrected chi connectivity index (χ1v) is 10.5. The van der Waals surface area contributed by atoms with Gasteiger partial charge < -0.3 is 10.5 Å². The molecule has 2 aromatic rings. The average molecular weight is 470 g/mol. The number of hydrogen-bond acceptors (Lipinski definition) is 6. The number of thioether (sulfide) groups is 1. The Labute approximate surface area is 180 Å². The van der Waals surface area contributed by atoms with E-state index in [0.717, 1.165) is 21.8 Å².